The van der Waals surface area contributed by atoms with Gasteiger partial charge in [0.2, 0.25) is 0 Å². The highest BCUT2D eigenvalue weighted by Gasteiger charge is 2.03. The first-order chi connectivity index (χ1) is 8.09. The number of hydrogen-bond acceptors (Lipinski definition) is 2. The van der Waals surface area contributed by atoms with Crippen molar-refractivity contribution in [3.63, 3.8) is 0 Å². The molecule has 0 spiro atoms. The molecule has 0 heterocycles. The molecule has 0 aliphatic rings. The first-order valence-electron chi connectivity index (χ1n) is 6.29. The van der Waals surface area contributed by atoms with Crippen LogP contribution in [0, 0.1) is 0 Å². The molecule has 0 aliphatic carbocycles. The van der Waals surface area contributed by atoms with Gasteiger partial charge in [0, 0.05) is 23.7 Å². The molecular formula is C14H23ClN2. The molecule has 1 aromatic carbocycles. The Kier molecular flexibility index (Phi) is 6.56. The van der Waals surface area contributed by atoms with Crippen LogP contribution in [0.2, 0.25) is 5.02 Å². The summed E-state index contributed by atoms with van der Waals surface area (Å²) in [7, 11) is 0. The predicted octanol–water partition coefficient (Wildman–Crippen LogP) is 2.86. The number of hydrogen-bond donors (Lipinski definition) is 2. The first kappa shape index (κ1) is 14.5. The Balaban J connectivity index is 2.21. The largest absolute Gasteiger partial charge is 0.313 e. The summed E-state index contributed by atoms with van der Waals surface area (Å²) < 4.78 is 0. The van der Waals surface area contributed by atoms with Gasteiger partial charge in [-0.25, -0.2) is 0 Å². The molecule has 3 heteroatoms. The van der Waals surface area contributed by atoms with E-state index in [2.05, 4.69) is 37.5 Å². The Morgan fingerprint density at radius 3 is 2.47 bits per heavy atom. The molecule has 96 valence electrons. The lowest BCUT2D eigenvalue weighted by molar-refractivity contribution is 0.477. The third-order valence-electron chi connectivity index (χ3n) is 2.68. The quantitative estimate of drug-likeness (QED) is 0.782. The molecule has 0 amide bonds. The van der Waals surface area contributed by atoms with E-state index in [1.165, 1.54) is 5.56 Å². The normalized spacial score (nSPS) is 13.0. The second kappa shape index (κ2) is 7.70. The fraction of sp³-hybridized carbons (Fsp3) is 0.571. The minimum absolute atomic E-state index is 0.486. The van der Waals surface area contributed by atoms with Gasteiger partial charge in [0.1, 0.15) is 0 Å². The number of benzene rings is 1. The maximum atomic E-state index is 6.10. The molecule has 0 saturated heterocycles. The first-order valence-corrected chi connectivity index (χ1v) is 6.67. The molecule has 1 rings (SSSR count). The van der Waals surface area contributed by atoms with Gasteiger partial charge in [-0.15, -0.1) is 0 Å². The van der Waals surface area contributed by atoms with Crippen LogP contribution in [0.5, 0.6) is 0 Å². The van der Waals surface area contributed by atoms with Crippen LogP contribution in [-0.2, 0) is 6.42 Å². The van der Waals surface area contributed by atoms with E-state index >= 15 is 0 Å². The molecular weight excluding hydrogens is 232 g/mol. The third-order valence-corrected chi connectivity index (χ3v) is 3.05. The fourth-order valence-corrected chi connectivity index (χ4v) is 1.87. The zero-order valence-electron chi connectivity index (χ0n) is 11.0. The van der Waals surface area contributed by atoms with Gasteiger partial charge in [-0.1, -0.05) is 43.6 Å². The van der Waals surface area contributed by atoms with Gasteiger partial charge in [-0.3, -0.25) is 0 Å². The summed E-state index contributed by atoms with van der Waals surface area (Å²) >= 11 is 6.10. The van der Waals surface area contributed by atoms with Gasteiger partial charge in [0.15, 0.2) is 0 Å². The van der Waals surface area contributed by atoms with Crippen molar-refractivity contribution < 1.29 is 0 Å². The minimum atomic E-state index is 0.486. The average molecular weight is 255 g/mol. The molecule has 17 heavy (non-hydrogen) atoms. The van der Waals surface area contributed by atoms with E-state index in [1.807, 2.05) is 18.2 Å². The van der Waals surface area contributed by atoms with Crippen LogP contribution in [0.4, 0.5) is 0 Å². The molecule has 0 radical (unpaired) electrons. The molecule has 2 nitrogen and oxygen atoms in total. The van der Waals surface area contributed by atoms with Crippen LogP contribution in [0.3, 0.4) is 0 Å². The molecule has 1 unspecified atom stereocenters. The number of rotatable bonds is 7. The van der Waals surface area contributed by atoms with Crippen molar-refractivity contribution in [2.24, 2.45) is 0 Å². The number of nitrogens with one attached hydrogen (secondary N) is 2. The highest BCUT2D eigenvalue weighted by atomic mass is 35.5. The maximum absolute atomic E-state index is 6.10. The van der Waals surface area contributed by atoms with E-state index in [9.17, 15) is 0 Å². The van der Waals surface area contributed by atoms with E-state index in [4.69, 9.17) is 11.6 Å². The zero-order chi connectivity index (χ0) is 12.7. The molecule has 0 fully saturated rings. The lowest BCUT2D eigenvalue weighted by Crippen LogP contribution is -2.39. The molecule has 0 bridgehead atoms. The van der Waals surface area contributed by atoms with Crippen molar-refractivity contribution in [1.29, 1.82) is 0 Å². The van der Waals surface area contributed by atoms with Gasteiger partial charge in [-0.05, 0) is 31.5 Å². The molecule has 2 N–H and O–H groups in total. The van der Waals surface area contributed by atoms with Crippen LogP contribution < -0.4 is 10.6 Å². The average Bonchev–Trinajstić information content (AvgIpc) is 2.29. The Morgan fingerprint density at radius 2 is 1.82 bits per heavy atom. The minimum Gasteiger partial charge on any atom is -0.313 e. The number of halogens is 1. The summed E-state index contributed by atoms with van der Waals surface area (Å²) in [5.74, 6) is 0. The van der Waals surface area contributed by atoms with Crippen molar-refractivity contribution in [3.05, 3.63) is 34.9 Å². The van der Waals surface area contributed by atoms with Crippen LogP contribution in [0.15, 0.2) is 24.3 Å². The molecule has 1 aromatic rings. The van der Waals surface area contributed by atoms with Crippen LogP contribution in [-0.4, -0.2) is 25.2 Å². The summed E-state index contributed by atoms with van der Waals surface area (Å²) in [6.07, 6.45) is 0.978. The molecule has 0 aromatic heterocycles. The molecule has 1 atom stereocenters. The van der Waals surface area contributed by atoms with Crippen molar-refractivity contribution in [2.75, 3.05) is 13.1 Å². The SMILES string of the molecule is CC(C)NCC(C)NCCc1ccccc1Cl. The Morgan fingerprint density at radius 1 is 1.12 bits per heavy atom. The van der Waals surface area contributed by atoms with Gasteiger partial charge in [0.05, 0.1) is 0 Å². The Labute approximate surface area is 110 Å². The van der Waals surface area contributed by atoms with Crippen molar-refractivity contribution in [2.45, 2.75) is 39.3 Å². The van der Waals surface area contributed by atoms with Crippen molar-refractivity contribution >= 4 is 11.6 Å². The molecule has 0 saturated carbocycles. The summed E-state index contributed by atoms with van der Waals surface area (Å²) in [6, 6.07) is 9.06. The summed E-state index contributed by atoms with van der Waals surface area (Å²) in [4.78, 5) is 0. The maximum Gasteiger partial charge on any atom is 0.0438 e. The lowest BCUT2D eigenvalue weighted by atomic mass is 10.1. The van der Waals surface area contributed by atoms with E-state index in [-0.39, 0.29) is 0 Å². The smallest absolute Gasteiger partial charge is 0.0438 e. The monoisotopic (exact) mass is 254 g/mol. The van der Waals surface area contributed by atoms with Gasteiger partial charge >= 0.3 is 0 Å². The van der Waals surface area contributed by atoms with Crippen molar-refractivity contribution in [1.82, 2.24) is 10.6 Å². The van der Waals surface area contributed by atoms with Crippen LogP contribution in [0.25, 0.3) is 0 Å². The zero-order valence-corrected chi connectivity index (χ0v) is 11.7. The van der Waals surface area contributed by atoms with E-state index in [0.29, 0.717) is 12.1 Å². The van der Waals surface area contributed by atoms with E-state index in [1.54, 1.807) is 0 Å². The molecule has 0 aliphatic heterocycles. The highest BCUT2D eigenvalue weighted by molar-refractivity contribution is 6.31. The van der Waals surface area contributed by atoms with Crippen LogP contribution >= 0.6 is 11.6 Å². The Hall–Kier alpha value is -0.570. The van der Waals surface area contributed by atoms with E-state index in [0.717, 1.165) is 24.5 Å². The second-order valence-corrected chi connectivity index (χ2v) is 5.17. The van der Waals surface area contributed by atoms with Gasteiger partial charge in [0.25, 0.3) is 0 Å². The van der Waals surface area contributed by atoms with Gasteiger partial charge in [-0.2, -0.15) is 0 Å². The van der Waals surface area contributed by atoms with E-state index < -0.39 is 0 Å². The lowest BCUT2D eigenvalue weighted by Gasteiger charge is -2.16. The highest BCUT2D eigenvalue weighted by Crippen LogP contribution is 2.14. The van der Waals surface area contributed by atoms with Crippen molar-refractivity contribution in [3.8, 4) is 0 Å². The fourth-order valence-electron chi connectivity index (χ4n) is 1.64. The standard InChI is InChI=1S/C14H23ClN2/c1-11(2)17-10-12(3)16-9-8-13-6-4-5-7-14(13)15/h4-7,11-12,16-17H,8-10H2,1-3H3. The summed E-state index contributed by atoms with van der Waals surface area (Å²) in [5, 5.41) is 7.77. The van der Waals surface area contributed by atoms with Crippen LogP contribution in [0.1, 0.15) is 26.3 Å². The second-order valence-electron chi connectivity index (χ2n) is 4.76. The summed E-state index contributed by atoms with van der Waals surface area (Å²) in [6.45, 7) is 8.49. The predicted molar refractivity (Wildman–Crippen MR) is 75.8 cm³/mol. The summed E-state index contributed by atoms with van der Waals surface area (Å²) in [5.41, 5.74) is 1.21. The van der Waals surface area contributed by atoms with Gasteiger partial charge < -0.3 is 10.6 Å². The Bertz CT molecular complexity index is 326. The topological polar surface area (TPSA) is 24.1 Å². The third kappa shape index (κ3) is 6.06.